The molecule has 0 saturated carbocycles. The average molecular weight is 233 g/mol. The summed E-state index contributed by atoms with van der Waals surface area (Å²) in [4.78, 5) is 0. The van der Waals surface area contributed by atoms with E-state index < -0.39 is 0 Å². The van der Waals surface area contributed by atoms with Gasteiger partial charge in [0.2, 0.25) is 0 Å². The van der Waals surface area contributed by atoms with Crippen molar-refractivity contribution in [1.29, 1.82) is 0 Å². The van der Waals surface area contributed by atoms with Crippen molar-refractivity contribution < 1.29 is 4.74 Å². The topological polar surface area (TPSA) is 61.0 Å². The summed E-state index contributed by atoms with van der Waals surface area (Å²) in [6, 6.07) is 6.15. The molecule has 4 nitrogen and oxygen atoms in total. The van der Waals surface area contributed by atoms with E-state index in [1.807, 2.05) is 12.1 Å². The van der Waals surface area contributed by atoms with Crippen molar-refractivity contribution in [2.45, 2.75) is 13.0 Å². The summed E-state index contributed by atoms with van der Waals surface area (Å²) >= 11 is 1.54. The quantitative estimate of drug-likeness (QED) is 0.855. The minimum Gasteiger partial charge on any atom is -0.493 e. The minimum atomic E-state index is 0.450. The number of fused-ring (bicyclic) bond motifs is 1. The lowest BCUT2D eigenvalue weighted by Crippen LogP contribution is -1.94. The van der Waals surface area contributed by atoms with Crippen molar-refractivity contribution in [2.24, 2.45) is 5.73 Å². The Morgan fingerprint density at radius 2 is 2.31 bits per heavy atom. The number of aromatic nitrogens is 2. The Morgan fingerprint density at radius 3 is 3.12 bits per heavy atom. The van der Waals surface area contributed by atoms with Crippen LogP contribution in [0.15, 0.2) is 18.2 Å². The standard InChI is InChI=1S/C11H11N3OS/c12-6-10-13-14-11(16-10)8-1-2-9-7(5-8)3-4-15-9/h1-2,5H,3-4,6,12H2. The number of hydrogen-bond acceptors (Lipinski definition) is 5. The smallest absolute Gasteiger partial charge is 0.147 e. The maximum atomic E-state index is 5.52. The zero-order valence-corrected chi connectivity index (χ0v) is 9.46. The summed E-state index contributed by atoms with van der Waals surface area (Å²) in [5, 5.41) is 9.94. The lowest BCUT2D eigenvalue weighted by atomic mass is 10.1. The summed E-state index contributed by atoms with van der Waals surface area (Å²) in [6.07, 6.45) is 0.978. The second-order valence-electron chi connectivity index (χ2n) is 3.63. The molecule has 0 amide bonds. The fourth-order valence-corrected chi connectivity index (χ4v) is 2.49. The van der Waals surface area contributed by atoms with Gasteiger partial charge in [-0.3, -0.25) is 0 Å². The van der Waals surface area contributed by atoms with Crippen molar-refractivity contribution in [3.8, 4) is 16.3 Å². The molecule has 5 heteroatoms. The highest BCUT2D eigenvalue weighted by molar-refractivity contribution is 7.14. The first-order valence-corrected chi connectivity index (χ1v) is 5.97. The molecule has 82 valence electrons. The van der Waals surface area contributed by atoms with E-state index in [0.29, 0.717) is 6.54 Å². The van der Waals surface area contributed by atoms with E-state index in [0.717, 1.165) is 34.4 Å². The molecule has 2 aromatic rings. The van der Waals surface area contributed by atoms with Gasteiger partial charge in [-0.25, -0.2) is 0 Å². The highest BCUT2D eigenvalue weighted by atomic mass is 32.1. The van der Waals surface area contributed by atoms with Crippen molar-refractivity contribution in [3.63, 3.8) is 0 Å². The molecule has 0 aliphatic carbocycles. The molecule has 0 atom stereocenters. The van der Waals surface area contributed by atoms with Gasteiger partial charge in [-0.2, -0.15) is 0 Å². The third-order valence-electron chi connectivity index (χ3n) is 2.58. The van der Waals surface area contributed by atoms with Crippen LogP contribution < -0.4 is 10.5 Å². The predicted octanol–water partition coefficient (Wildman–Crippen LogP) is 1.60. The van der Waals surface area contributed by atoms with Crippen LogP contribution in [-0.2, 0) is 13.0 Å². The predicted molar refractivity (Wildman–Crippen MR) is 62.4 cm³/mol. The molecule has 0 saturated heterocycles. The molecular formula is C11H11N3OS. The van der Waals surface area contributed by atoms with Gasteiger partial charge in [0.15, 0.2) is 0 Å². The number of hydrogen-bond donors (Lipinski definition) is 1. The van der Waals surface area contributed by atoms with Gasteiger partial charge in [0.1, 0.15) is 15.8 Å². The maximum Gasteiger partial charge on any atom is 0.147 e. The third kappa shape index (κ3) is 1.58. The van der Waals surface area contributed by atoms with E-state index in [4.69, 9.17) is 10.5 Å². The van der Waals surface area contributed by atoms with Crippen LogP contribution in [-0.4, -0.2) is 16.8 Å². The molecule has 0 fully saturated rings. The number of rotatable bonds is 2. The first kappa shape index (κ1) is 9.74. The Bertz CT molecular complexity index is 524. The Hall–Kier alpha value is -1.46. The fourth-order valence-electron chi connectivity index (χ4n) is 1.77. The minimum absolute atomic E-state index is 0.450. The molecule has 1 aromatic carbocycles. The molecule has 1 aliphatic heterocycles. The van der Waals surface area contributed by atoms with Gasteiger partial charge in [-0.15, -0.1) is 10.2 Å². The van der Waals surface area contributed by atoms with Gasteiger partial charge >= 0.3 is 0 Å². The summed E-state index contributed by atoms with van der Waals surface area (Å²) in [5.41, 5.74) is 7.87. The molecule has 0 bridgehead atoms. The normalized spacial score (nSPS) is 13.6. The maximum absolute atomic E-state index is 5.52. The van der Waals surface area contributed by atoms with Gasteiger partial charge in [-0.05, 0) is 23.8 Å². The molecule has 0 unspecified atom stereocenters. The molecule has 2 heterocycles. The lowest BCUT2D eigenvalue weighted by molar-refractivity contribution is 0.357. The largest absolute Gasteiger partial charge is 0.493 e. The van der Waals surface area contributed by atoms with Gasteiger partial charge < -0.3 is 10.5 Å². The Balaban J connectivity index is 2.00. The summed E-state index contributed by atoms with van der Waals surface area (Å²) in [7, 11) is 0. The number of benzene rings is 1. The first-order valence-electron chi connectivity index (χ1n) is 5.15. The molecular weight excluding hydrogens is 222 g/mol. The monoisotopic (exact) mass is 233 g/mol. The van der Waals surface area contributed by atoms with E-state index in [1.54, 1.807) is 11.3 Å². The molecule has 3 rings (SSSR count). The van der Waals surface area contributed by atoms with Gasteiger partial charge in [-0.1, -0.05) is 11.3 Å². The van der Waals surface area contributed by atoms with Crippen molar-refractivity contribution >= 4 is 11.3 Å². The molecule has 1 aliphatic rings. The fraction of sp³-hybridized carbons (Fsp3) is 0.273. The second-order valence-corrected chi connectivity index (χ2v) is 4.69. The Labute approximate surface area is 97.1 Å². The van der Waals surface area contributed by atoms with Crippen molar-refractivity contribution in [2.75, 3.05) is 6.61 Å². The van der Waals surface area contributed by atoms with Crippen LogP contribution in [0.3, 0.4) is 0 Å². The number of nitrogens with zero attached hydrogens (tertiary/aromatic N) is 2. The number of nitrogens with two attached hydrogens (primary N) is 1. The van der Waals surface area contributed by atoms with E-state index >= 15 is 0 Å². The zero-order valence-electron chi connectivity index (χ0n) is 8.64. The molecule has 1 aromatic heterocycles. The van der Waals surface area contributed by atoms with Gasteiger partial charge in [0.05, 0.1) is 6.61 Å². The highest BCUT2D eigenvalue weighted by Crippen LogP contribution is 2.31. The van der Waals surface area contributed by atoms with Crippen molar-refractivity contribution in [3.05, 3.63) is 28.8 Å². The van der Waals surface area contributed by atoms with Crippen LogP contribution >= 0.6 is 11.3 Å². The lowest BCUT2D eigenvalue weighted by Gasteiger charge is -2.00. The van der Waals surface area contributed by atoms with Crippen LogP contribution in [0.5, 0.6) is 5.75 Å². The van der Waals surface area contributed by atoms with Crippen LogP contribution in [0.1, 0.15) is 10.6 Å². The van der Waals surface area contributed by atoms with E-state index in [9.17, 15) is 0 Å². The SMILES string of the molecule is NCc1nnc(-c2ccc3c(c2)CCO3)s1. The highest BCUT2D eigenvalue weighted by Gasteiger charge is 2.14. The van der Waals surface area contributed by atoms with Crippen LogP contribution in [0.25, 0.3) is 10.6 Å². The Morgan fingerprint density at radius 1 is 1.38 bits per heavy atom. The van der Waals surface area contributed by atoms with Gasteiger partial charge in [0, 0.05) is 18.5 Å². The summed E-state index contributed by atoms with van der Waals surface area (Å²) in [6.45, 7) is 1.23. The van der Waals surface area contributed by atoms with Crippen LogP contribution in [0, 0.1) is 0 Å². The molecule has 0 spiro atoms. The Kier molecular flexibility index (Phi) is 2.34. The zero-order chi connectivity index (χ0) is 11.0. The third-order valence-corrected chi connectivity index (χ3v) is 3.57. The van der Waals surface area contributed by atoms with Crippen LogP contribution in [0.2, 0.25) is 0 Å². The van der Waals surface area contributed by atoms with E-state index in [2.05, 4.69) is 16.3 Å². The molecule has 16 heavy (non-hydrogen) atoms. The summed E-state index contributed by atoms with van der Waals surface area (Å²) < 4.78 is 5.46. The first-order chi connectivity index (χ1) is 7.86. The van der Waals surface area contributed by atoms with E-state index in [1.165, 1.54) is 5.56 Å². The number of ether oxygens (including phenoxy) is 1. The average Bonchev–Trinajstić information content (AvgIpc) is 2.96. The second kappa shape index (κ2) is 3.84. The molecule has 0 radical (unpaired) electrons. The van der Waals surface area contributed by atoms with E-state index in [-0.39, 0.29) is 0 Å². The van der Waals surface area contributed by atoms with Crippen molar-refractivity contribution in [1.82, 2.24) is 10.2 Å². The van der Waals surface area contributed by atoms with Gasteiger partial charge in [0.25, 0.3) is 0 Å². The molecule has 2 N–H and O–H groups in total. The van der Waals surface area contributed by atoms with Crippen LogP contribution in [0.4, 0.5) is 0 Å². The summed E-state index contributed by atoms with van der Waals surface area (Å²) in [5.74, 6) is 0.993.